The average molecular weight is 214 g/mol. The van der Waals surface area contributed by atoms with Gasteiger partial charge in [-0.05, 0) is 23.8 Å². The zero-order valence-electron chi connectivity index (χ0n) is 9.22. The summed E-state index contributed by atoms with van der Waals surface area (Å²) in [7, 11) is 1.64. The molecule has 2 rings (SSSR count). The lowest BCUT2D eigenvalue weighted by Crippen LogP contribution is -2.14. The van der Waals surface area contributed by atoms with Gasteiger partial charge in [0.1, 0.15) is 0 Å². The van der Waals surface area contributed by atoms with Crippen LogP contribution < -0.4 is 0 Å². The molecular formula is C14H14O2. The topological polar surface area (TPSA) is 26.3 Å². The second-order valence-electron chi connectivity index (χ2n) is 3.78. The first-order valence-electron chi connectivity index (χ1n) is 5.29. The maximum Gasteiger partial charge on any atom is 0.181 e. The molecule has 0 aromatic heterocycles. The maximum atomic E-state index is 11.6. The van der Waals surface area contributed by atoms with Crippen molar-refractivity contribution in [2.45, 2.75) is 12.5 Å². The molecule has 1 aliphatic carbocycles. The SMILES string of the molecule is COC1C=CC(=O)C(Cc2ccccc2)=C1. The van der Waals surface area contributed by atoms with Crippen LogP contribution in [-0.4, -0.2) is 19.0 Å². The largest absolute Gasteiger partial charge is 0.373 e. The van der Waals surface area contributed by atoms with E-state index in [1.807, 2.05) is 36.4 Å². The summed E-state index contributed by atoms with van der Waals surface area (Å²) in [6.45, 7) is 0. The molecule has 0 N–H and O–H groups in total. The maximum absolute atomic E-state index is 11.6. The predicted molar refractivity (Wildman–Crippen MR) is 63.2 cm³/mol. The predicted octanol–water partition coefficient (Wildman–Crippen LogP) is 2.31. The molecule has 0 spiro atoms. The Kier molecular flexibility index (Phi) is 3.32. The van der Waals surface area contributed by atoms with Crippen LogP contribution in [0.4, 0.5) is 0 Å². The van der Waals surface area contributed by atoms with Gasteiger partial charge in [-0.2, -0.15) is 0 Å². The molecule has 0 bridgehead atoms. The van der Waals surface area contributed by atoms with Crippen molar-refractivity contribution >= 4 is 5.78 Å². The fourth-order valence-electron chi connectivity index (χ4n) is 1.73. The normalized spacial score (nSPS) is 19.7. The summed E-state index contributed by atoms with van der Waals surface area (Å²) < 4.78 is 5.19. The minimum atomic E-state index is -0.0728. The molecule has 0 heterocycles. The highest BCUT2D eigenvalue weighted by atomic mass is 16.5. The third-order valence-electron chi connectivity index (χ3n) is 2.63. The van der Waals surface area contributed by atoms with Gasteiger partial charge in [0, 0.05) is 19.1 Å². The molecular weight excluding hydrogens is 200 g/mol. The molecule has 1 atom stereocenters. The quantitative estimate of drug-likeness (QED) is 0.771. The molecule has 82 valence electrons. The minimum Gasteiger partial charge on any atom is -0.373 e. The number of ether oxygens (including phenoxy) is 1. The number of rotatable bonds is 3. The Morgan fingerprint density at radius 3 is 2.69 bits per heavy atom. The lowest BCUT2D eigenvalue weighted by Gasteiger charge is -2.13. The second kappa shape index (κ2) is 4.90. The first-order valence-corrected chi connectivity index (χ1v) is 5.29. The number of allylic oxidation sites excluding steroid dienone is 2. The van der Waals surface area contributed by atoms with Crippen molar-refractivity contribution < 1.29 is 9.53 Å². The summed E-state index contributed by atoms with van der Waals surface area (Å²) in [6, 6.07) is 9.97. The molecule has 2 nitrogen and oxygen atoms in total. The number of carbonyl (C=O) groups excluding carboxylic acids is 1. The van der Waals surface area contributed by atoms with Crippen molar-refractivity contribution in [1.29, 1.82) is 0 Å². The Morgan fingerprint density at radius 2 is 2.00 bits per heavy atom. The van der Waals surface area contributed by atoms with Crippen LogP contribution >= 0.6 is 0 Å². The number of benzene rings is 1. The number of hydrogen-bond acceptors (Lipinski definition) is 2. The van der Waals surface area contributed by atoms with E-state index in [1.54, 1.807) is 19.3 Å². The van der Waals surface area contributed by atoms with E-state index in [1.165, 1.54) is 0 Å². The van der Waals surface area contributed by atoms with Gasteiger partial charge in [0.15, 0.2) is 5.78 Å². The summed E-state index contributed by atoms with van der Waals surface area (Å²) in [5.41, 5.74) is 1.95. The molecule has 0 saturated carbocycles. The molecule has 1 aromatic rings. The number of hydrogen-bond donors (Lipinski definition) is 0. The molecule has 2 heteroatoms. The van der Waals surface area contributed by atoms with Crippen LogP contribution in [0, 0.1) is 0 Å². The van der Waals surface area contributed by atoms with E-state index in [0.717, 1.165) is 11.1 Å². The Hall–Kier alpha value is -1.67. The van der Waals surface area contributed by atoms with E-state index in [9.17, 15) is 4.79 Å². The van der Waals surface area contributed by atoms with Crippen molar-refractivity contribution in [1.82, 2.24) is 0 Å². The Bertz CT molecular complexity index is 429. The summed E-state index contributed by atoms with van der Waals surface area (Å²) in [5, 5.41) is 0. The summed E-state index contributed by atoms with van der Waals surface area (Å²) in [4.78, 5) is 11.6. The van der Waals surface area contributed by atoms with E-state index in [0.29, 0.717) is 6.42 Å². The van der Waals surface area contributed by atoms with E-state index in [-0.39, 0.29) is 11.9 Å². The van der Waals surface area contributed by atoms with Crippen molar-refractivity contribution in [3.63, 3.8) is 0 Å². The minimum absolute atomic E-state index is 0.0728. The first-order chi connectivity index (χ1) is 7.79. The van der Waals surface area contributed by atoms with Crippen LogP contribution in [0.5, 0.6) is 0 Å². The fourth-order valence-corrected chi connectivity index (χ4v) is 1.73. The Morgan fingerprint density at radius 1 is 1.25 bits per heavy atom. The van der Waals surface area contributed by atoms with Crippen LogP contribution in [0.25, 0.3) is 0 Å². The van der Waals surface area contributed by atoms with Gasteiger partial charge in [0.05, 0.1) is 6.10 Å². The van der Waals surface area contributed by atoms with Crippen LogP contribution in [-0.2, 0) is 16.0 Å². The van der Waals surface area contributed by atoms with Crippen LogP contribution in [0.15, 0.2) is 54.1 Å². The number of methoxy groups -OCH3 is 1. The van der Waals surface area contributed by atoms with Crippen molar-refractivity contribution in [2.75, 3.05) is 7.11 Å². The molecule has 0 fully saturated rings. The molecule has 0 aliphatic heterocycles. The molecule has 1 aromatic carbocycles. The zero-order valence-corrected chi connectivity index (χ0v) is 9.22. The summed E-state index contributed by atoms with van der Waals surface area (Å²) >= 11 is 0. The third-order valence-corrected chi connectivity index (χ3v) is 2.63. The van der Waals surface area contributed by atoms with Gasteiger partial charge < -0.3 is 4.74 Å². The first kappa shape index (κ1) is 10.8. The summed E-state index contributed by atoms with van der Waals surface area (Å²) in [6.07, 6.45) is 5.85. The lowest BCUT2D eigenvalue weighted by molar-refractivity contribution is -0.111. The van der Waals surface area contributed by atoms with Crippen molar-refractivity contribution in [2.24, 2.45) is 0 Å². The highest BCUT2D eigenvalue weighted by Gasteiger charge is 2.14. The van der Waals surface area contributed by atoms with Crippen LogP contribution in [0.2, 0.25) is 0 Å². The van der Waals surface area contributed by atoms with Gasteiger partial charge in [-0.25, -0.2) is 0 Å². The third kappa shape index (κ3) is 2.47. The molecule has 1 unspecified atom stereocenters. The monoisotopic (exact) mass is 214 g/mol. The zero-order chi connectivity index (χ0) is 11.4. The Labute approximate surface area is 95.2 Å². The highest BCUT2D eigenvalue weighted by Crippen LogP contribution is 2.15. The fraction of sp³-hybridized carbons (Fsp3) is 0.214. The van der Waals surface area contributed by atoms with E-state index in [2.05, 4.69) is 0 Å². The van der Waals surface area contributed by atoms with Crippen molar-refractivity contribution in [3.8, 4) is 0 Å². The molecule has 16 heavy (non-hydrogen) atoms. The molecule has 1 aliphatic rings. The van der Waals surface area contributed by atoms with Gasteiger partial charge in [-0.3, -0.25) is 4.79 Å². The smallest absolute Gasteiger partial charge is 0.181 e. The van der Waals surface area contributed by atoms with Crippen LogP contribution in [0.3, 0.4) is 0 Å². The Balaban J connectivity index is 2.15. The van der Waals surface area contributed by atoms with Crippen LogP contribution in [0.1, 0.15) is 5.56 Å². The second-order valence-corrected chi connectivity index (χ2v) is 3.78. The van der Waals surface area contributed by atoms with E-state index in [4.69, 9.17) is 4.74 Å². The lowest BCUT2D eigenvalue weighted by atomic mass is 9.96. The molecule has 0 saturated heterocycles. The average Bonchev–Trinajstić information content (AvgIpc) is 2.33. The van der Waals surface area contributed by atoms with E-state index >= 15 is 0 Å². The molecule has 0 amide bonds. The highest BCUT2D eigenvalue weighted by molar-refractivity contribution is 6.05. The summed E-state index contributed by atoms with van der Waals surface area (Å²) in [5.74, 6) is 0.0807. The van der Waals surface area contributed by atoms with Gasteiger partial charge in [0.2, 0.25) is 0 Å². The van der Waals surface area contributed by atoms with Crippen molar-refractivity contribution in [3.05, 3.63) is 59.7 Å². The number of carbonyl (C=O) groups is 1. The van der Waals surface area contributed by atoms with Gasteiger partial charge in [-0.1, -0.05) is 30.3 Å². The van der Waals surface area contributed by atoms with Gasteiger partial charge >= 0.3 is 0 Å². The molecule has 0 radical (unpaired) electrons. The number of ketones is 1. The van der Waals surface area contributed by atoms with Gasteiger partial charge in [-0.15, -0.1) is 0 Å². The van der Waals surface area contributed by atoms with E-state index < -0.39 is 0 Å². The van der Waals surface area contributed by atoms with Gasteiger partial charge in [0.25, 0.3) is 0 Å². The standard InChI is InChI=1S/C14H14O2/c1-16-13-7-8-14(15)12(10-13)9-11-5-3-2-4-6-11/h2-8,10,13H,9H2,1H3.